The summed E-state index contributed by atoms with van der Waals surface area (Å²) in [6.45, 7) is 8.04. The molecular formula is C16H25N3OS. The second-order valence-electron chi connectivity index (χ2n) is 5.15. The number of rotatable bonds is 8. The number of nitrogens with one attached hydrogen (secondary N) is 1. The minimum atomic E-state index is -0.154. The molecule has 0 aliphatic heterocycles. The Morgan fingerprint density at radius 1 is 1.33 bits per heavy atom. The minimum Gasteiger partial charge on any atom is -0.389 e. The second kappa shape index (κ2) is 8.74. The lowest BCUT2D eigenvalue weighted by Crippen LogP contribution is -2.42. The smallest absolute Gasteiger partial charge is 0.241 e. The zero-order chi connectivity index (χ0) is 15.8. The van der Waals surface area contributed by atoms with E-state index < -0.39 is 0 Å². The average Bonchev–Trinajstić information content (AvgIpc) is 2.46. The number of benzene rings is 1. The van der Waals surface area contributed by atoms with Gasteiger partial charge in [0.05, 0.1) is 6.04 Å². The van der Waals surface area contributed by atoms with Crippen LogP contribution in [0.2, 0.25) is 0 Å². The summed E-state index contributed by atoms with van der Waals surface area (Å²) in [5, 5.41) is 2.94. The van der Waals surface area contributed by atoms with Gasteiger partial charge in [0, 0.05) is 11.3 Å². The molecular weight excluding hydrogens is 282 g/mol. The standard InChI is InChI=1S/C16H25N3OS/c1-4-9-19(10-5-2)12(3)16(20)18-14-8-6-7-13(11-14)15(17)21/h6-8,11-12H,4-5,9-10H2,1-3H3,(H2,17,21)(H,18,20). The summed E-state index contributed by atoms with van der Waals surface area (Å²) in [4.78, 5) is 14.9. The van der Waals surface area contributed by atoms with Gasteiger partial charge in [-0.3, -0.25) is 9.69 Å². The largest absolute Gasteiger partial charge is 0.389 e. The molecule has 0 bridgehead atoms. The van der Waals surface area contributed by atoms with Crippen LogP contribution in [0.25, 0.3) is 0 Å². The number of amides is 1. The quantitative estimate of drug-likeness (QED) is 0.725. The van der Waals surface area contributed by atoms with Gasteiger partial charge in [0.25, 0.3) is 0 Å². The number of carbonyl (C=O) groups is 1. The summed E-state index contributed by atoms with van der Waals surface area (Å²) in [5.74, 6) is -0.00279. The molecule has 0 saturated carbocycles. The highest BCUT2D eigenvalue weighted by molar-refractivity contribution is 7.80. The van der Waals surface area contributed by atoms with Gasteiger partial charge >= 0.3 is 0 Å². The summed E-state index contributed by atoms with van der Waals surface area (Å²) in [7, 11) is 0. The lowest BCUT2D eigenvalue weighted by molar-refractivity contribution is -0.120. The Balaban J connectivity index is 2.74. The molecule has 5 heteroatoms. The third kappa shape index (κ3) is 5.44. The molecule has 3 N–H and O–H groups in total. The fraction of sp³-hybridized carbons (Fsp3) is 0.500. The molecule has 1 aromatic carbocycles. The number of anilines is 1. The van der Waals surface area contributed by atoms with E-state index in [1.807, 2.05) is 25.1 Å². The van der Waals surface area contributed by atoms with Crippen molar-refractivity contribution in [2.45, 2.75) is 39.7 Å². The molecule has 1 rings (SSSR count). The lowest BCUT2D eigenvalue weighted by atomic mass is 10.2. The molecule has 21 heavy (non-hydrogen) atoms. The first-order valence-electron chi connectivity index (χ1n) is 7.44. The molecule has 0 radical (unpaired) electrons. The molecule has 0 aromatic heterocycles. The van der Waals surface area contributed by atoms with Crippen LogP contribution in [0.15, 0.2) is 24.3 Å². The Morgan fingerprint density at radius 3 is 2.48 bits per heavy atom. The summed E-state index contributed by atoms with van der Waals surface area (Å²) in [5.41, 5.74) is 7.10. The Bertz CT molecular complexity index is 484. The first-order chi connectivity index (χ1) is 9.99. The molecule has 0 aliphatic carbocycles. The van der Waals surface area contributed by atoms with Crippen LogP contribution in [0.1, 0.15) is 39.2 Å². The molecule has 4 nitrogen and oxygen atoms in total. The van der Waals surface area contributed by atoms with E-state index in [0.717, 1.165) is 37.2 Å². The van der Waals surface area contributed by atoms with Crippen LogP contribution in [-0.2, 0) is 4.79 Å². The van der Waals surface area contributed by atoms with Crippen molar-refractivity contribution in [2.24, 2.45) is 5.73 Å². The van der Waals surface area contributed by atoms with Gasteiger partial charge in [-0.25, -0.2) is 0 Å². The highest BCUT2D eigenvalue weighted by Crippen LogP contribution is 2.12. The van der Waals surface area contributed by atoms with E-state index in [9.17, 15) is 4.79 Å². The maximum absolute atomic E-state index is 12.4. The van der Waals surface area contributed by atoms with E-state index >= 15 is 0 Å². The summed E-state index contributed by atoms with van der Waals surface area (Å²) >= 11 is 4.95. The predicted octanol–water partition coefficient (Wildman–Crippen LogP) is 2.77. The first kappa shape index (κ1) is 17.6. The molecule has 1 unspecified atom stereocenters. The highest BCUT2D eigenvalue weighted by Gasteiger charge is 2.20. The Morgan fingerprint density at radius 2 is 1.95 bits per heavy atom. The number of hydrogen-bond acceptors (Lipinski definition) is 3. The monoisotopic (exact) mass is 307 g/mol. The Hall–Kier alpha value is -1.46. The van der Waals surface area contributed by atoms with Gasteiger partial charge in [0.1, 0.15) is 4.99 Å². The average molecular weight is 307 g/mol. The summed E-state index contributed by atoms with van der Waals surface area (Å²) in [6, 6.07) is 7.16. The molecule has 1 amide bonds. The van der Waals surface area contributed by atoms with Crippen LogP contribution in [-0.4, -0.2) is 34.9 Å². The van der Waals surface area contributed by atoms with Gasteiger partial charge in [-0.15, -0.1) is 0 Å². The van der Waals surface area contributed by atoms with Crippen molar-refractivity contribution >= 4 is 28.8 Å². The fourth-order valence-electron chi connectivity index (χ4n) is 2.24. The number of nitrogens with two attached hydrogens (primary N) is 1. The molecule has 0 fully saturated rings. The van der Waals surface area contributed by atoms with E-state index in [1.165, 1.54) is 0 Å². The van der Waals surface area contributed by atoms with E-state index in [1.54, 1.807) is 6.07 Å². The van der Waals surface area contributed by atoms with Crippen LogP contribution in [0.5, 0.6) is 0 Å². The Labute approximate surface area is 132 Å². The van der Waals surface area contributed by atoms with Crippen molar-refractivity contribution < 1.29 is 4.79 Å². The second-order valence-corrected chi connectivity index (χ2v) is 5.59. The van der Waals surface area contributed by atoms with Crippen LogP contribution >= 0.6 is 12.2 Å². The van der Waals surface area contributed by atoms with E-state index in [-0.39, 0.29) is 11.9 Å². The first-order valence-corrected chi connectivity index (χ1v) is 7.85. The summed E-state index contributed by atoms with van der Waals surface area (Å²) in [6.07, 6.45) is 2.07. The van der Waals surface area contributed by atoms with Crippen molar-refractivity contribution in [3.8, 4) is 0 Å². The van der Waals surface area contributed by atoms with Crippen molar-refractivity contribution in [2.75, 3.05) is 18.4 Å². The van der Waals surface area contributed by atoms with Gasteiger partial charge in [0.2, 0.25) is 5.91 Å². The van der Waals surface area contributed by atoms with Crippen molar-refractivity contribution in [3.05, 3.63) is 29.8 Å². The van der Waals surface area contributed by atoms with E-state index in [0.29, 0.717) is 4.99 Å². The normalized spacial score (nSPS) is 12.2. The van der Waals surface area contributed by atoms with Crippen molar-refractivity contribution in [1.29, 1.82) is 0 Å². The predicted molar refractivity (Wildman–Crippen MR) is 92.6 cm³/mol. The van der Waals surface area contributed by atoms with Crippen LogP contribution in [0.3, 0.4) is 0 Å². The molecule has 0 heterocycles. The maximum atomic E-state index is 12.4. The Kier molecular flexibility index (Phi) is 7.32. The third-order valence-corrected chi connectivity index (χ3v) is 3.60. The van der Waals surface area contributed by atoms with Crippen LogP contribution in [0, 0.1) is 0 Å². The SMILES string of the molecule is CCCN(CCC)C(C)C(=O)Nc1cccc(C(N)=S)c1. The fourth-order valence-corrected chi connectivity index (χ4v) is 2.36. The number of thiocarbonyl (C=S) groups is 1. The molecule has 116 valence electrons. The van der Waals surface area contributed by atoms with Gasteiger partial charge in [-0.1, -0.05) is 38.2 Å². The van der Waals surface area contributed by atoms with E-state index in [4.69, 9.17) is 18.0 Å². The summed E-state index contributed by atoms with van der Waals surface area (Å²) < 4.78 is 0. The van der Waals surface area contributed by atoms with Gasteiger partial charge in [-0.05, 0) is 45.0 Å². The van der Waals surface area contributed by atoms with Crippen LogP contribution < -0.4 is 11.1 Å². The molecule has 0 saturated heterocycles. The topological polar surface area (TPSA) is 58.4 Å². The zero-order valence-electron chi connectivity index (χ0n) is 13.1. The molecule has 1 aromatic rings. The maximum Gasteiger partial charge on any atom is 0.241 e. The lowest BCUT2D eigenvalue weighted by Gasteiger charge is -2.27. The molecule has 0 spiro atoms. The number of carbonyl (C=O) groups excluding carboxylic acids is 1. The van der Waals surface area contributed by atoms with Gasteiger partial charge < -0.3 is 11.1 Å². The van der Waals surface area contributed by atoms with Gasteiger partial charge in [0.15, 0.2) is 0 Å². The zero-order valence-corrected chi connectivity index (χ0v) is 13.9. The van der Waals surface area contributed by atoms with Crippen molar-refractivity contribution in [3.63, 3.8) is 0 Å². The van der Waals surface area contributed by atoms with Gasteiger partial charge in [-0.2, -0.15) is 0 Å². The minimum absolute atomic E-state index is 0.00279. The number of nitrogens with zero attached hydrogens (tertiary/aromatic N) is 1. The van der Waals surface area contributed by atoms with Crippen molar-refractivity contribution in [1.82, 2.24) is 4.90 Å². The molecule has 0 aliphatic rings. The van der Waals surface area contributed by atoms with E-state index in [2.05, 4.69) is 24.1 Å². The highest BCUT2D eigenvalue weighted by atomic mass is 32.1. The third-order valence-electron chi connectivity index (χ3n) is 3.36. The molecule has 1 atom stereocenters. The van der Waals surface area contributed by atoms with Crippen LogP contribution in [0.4, 0.5) is 5.69 Å². The number of hydrogen-bond donors (Lipinski definition) is 2.